The average molecular weight is 138 g/mol. The summed E-state index contributed by atoms with van der Waals surface area (Å²) in [4.78, 5) is 10.8. The molecule has 0 N–H and O–H groups in total. The summed E-state index contributed by atoms with van der Waals surface area (Å²) in [5.74, 6) is 0.0626. The van der Waals surface area contributed by atoms with Gasteiger partial charge in [-0.1, -0.05) is 12.7 Å². The van der Waals surface area contributed by atoms with Gasteiger partial charge in [-0.2, -0.15) is 0 Å². The molecule has 0 heterocycles. The molecule has 0 unspecified atom stereocenters. The van der Waals surface area contributed by atoms with Gasteiger partial charge >= 0.3 is 5.97 Å². The summed E-state index contributed by atoms with van der Waals surface area (Å²) in [7, 11) is 0. The molecule has 0 bridgehead atoms. The summed E-state index contributed by atoms with van der Waals surface area (Å²) in [5.41, 5.74) is 0. The molecule has 0 atom stereocenters. The summed E-state index contributed by atoms with van der Waals surface area (Å²) in [6, 6.07) is 0. The van der Waals surface area contributed by atoms with Crippen LogP contribution < -0.4 is 0 Å². The molecular weight excluding hydrogens is 128 g/mol. The second-order valence-electron chi connectivity index (χ2n) is 2.28. The first-order valence-corrected chi connectivity index (χ1v) is 3.32. The molecule has 1 rings (SSSR count). The zero-order valence-corrected chi connectivity index (χ0v) is 5.75. The van der Waals surface area contributed by atoms with E-state index in [0.29, 0.717) is 0 Å². The molecule has 0 aromatic rings. The molecule has 0 aromatic heterocycles. The van der Waals surface area contributed by atoms with Crippen LogP contribution in [0, 0.1) is 5.92 Å². The molecule has 0 aliphatic heterocycles. The van der Waals surface area contributed by atoms with E-state index in [-0.39, 0.29) is 11.9 Å². The first-order valence-electron chi connectivity index (χ1n) is 3.32. The van der Waals surface area contributed by atoms with Crippen LogP contribution in [0.1, 0.15) is 12.8 Å². The highest BCUT2D eigenvalue weighted by molar-refractivity contribution is 5.75. The van der Waals surface area contributed by atoms with Crippen molar-refractivity contribution < 1.29 is 9.53 Å². The smallest absolute Gasteiger partial charge is 0.313 e. The zero-order chi connectivity index (χ0) is 7.40. The third kappa shape index (κ3) is 2.05. The monoisotopic (exact) mass is 138 g/mol. The Morgan fingerprint density at radius 3 is 2.80 bits per heavy atom. The largest absolute Gasteiger partial charge is 0.434 e. The Morgan fingerprint density at radius 2 is 2.30 bits per heavy atom. The maximum atomic E-state index is 10.8. The highest BCUT2D eigenvalue weighted by atomic mass is 16.5. The van der Waals surface area contributed by atoms with Crippen LogP contribution >= 0.6 is 0 Å². The van der Waals surface area contributed by atoms with Gasteiger partial charge < -0.3 is 4.74 Å². The van der Waals surface area contributed by atoms with Crippen LogP contribution in [0.3, 0.4) is 0 Å². The second kappa shape index (κ2) is 3.20. The Morgan fingerprint density at radius 1 is 1.60 bits per heavy atom. The Labute approximate surface area is 60.2 Å². The van der Waals surface area contributed by atoms with Crippen molar-refractivity contribution >= 4 is 5.97 Å². The molecule has 0 amide bonds. The van der Waals surface area contributed by atoms with Gasteiger partial charge in [0, 0.05) is 0 Å². The molecule has 1 saturated carbocycles. The highest BCUT2D eigenvalue weighted by Crippen LogP contribution is 2.29. The number of rotatable bonds is 3. The van der Waals surface area contributed by atoms with Crippen LogP contribution in [0.5, 0.6) is 0 Å². The van der Waals surface area contributed by atoms with Gasteiger partial charge in [-0.05, 0) is 18.9 Å². The number of carbonyl (C=O) groups is 1. The van der Waals surface area contributed by atoms with E-state index in [1.807, 2.05) is 0 Å². The normalized spacial score (nSPS) is 17.2. The fraction of sp³-hybridized carbons (Fsp3) is 0.375. The lowest BCUT2D eigenvalue weighted by Crippen LogP contribution is -2.00. The van der Waals surface area contributed by atoms with Crippen LogP contribution in [0.25, 0.3) is 0 Å². The predicted molar refractivity (Wildman–Crippen MR) is 38.2 cm³/mol. The maximum Gasteiger partial charge on any atom is 0.313 e. The predicted octanol–water partition coefficient (Wildman–Crippen LogP) is 1.64. The summed E-state index contributed by atoms with van der Waals surface area (Å²) in [6.07, 6.45) is 6.51. The first kappa shape index (κ1) is 7.06. The number of carbonyl (C=O) groups excluding carboxylic acids is 1. The van der Waals surface area contributed by atoms with Gasteiger partial charge in [0.1, 0.15) is 0 Å². The lowest BCUT2D eigenvalue weighted by Gasteiger charge is -1.92. The van der Waals surface area contributed by atoms with Gasteiger partial charge in [-0.25, -0.2) is 0 Å². The SMILES string of the molecule is C=CC=COC(=O)C1CC1. The van der Waals surface area contributed by atoms with Gasteiger partial charge in [0.15, 0.2) is 0 Å². The van der Waals surface area contributed by atoms with Crippen LogP contribution in [-0.4, -0.2) is 5.97 Å². The lowest BCUT2D eigenvalue weighted by atomic mass is 10.4. The van der Waals surface area contributed by atoms with Gasteiger partial charge in [0.2, 0.25) is 0 Å². The Bertz CT molecular complexity index is 166. The standard InChI is InChI=1S/C8H10O2/c1-2-3-6-10-8(9)7-4-5-7/h2-3,6-7H,1,4-5H2. The van der Waals surface area contributed by atoms with E-state index in [0.717, 1.165) is 12.8 Å². The molecule has 1 fully saturated rings. The lowest BCUT2D eigenvalue weighted by molar-refractivity contribution is -0.139. The molecule has 1 aliphatic rings. The van der Waals surface area contributed by atoms with Crippen LogP contribution in [0.2, 0.25) is 0 Å². The number of hydrogen-bond acceptors (Lipinski definition) is 2. The molecule has 0 spiro atoms. The number of allylic oxidation sites excluding steroid dienone is 2. The topological polar surface area (TPSA) is 26.3 Å². The summed E-state index contributed by atoms with van der Waals surface area (Å²) < 4.78 is 4.72. The van der Waals surface area contributed by atoms with Crippen molar-refractivity contribution in [2.24, 2.45) is 5.92 Å². The first-order chi connectivity index (χ1) is 4.84. The maximum absolute atomic E-state index is 10.8. The van der Waals surface area contributed by atoms with E-state index in [2.05, 4.69) is 6.58 Å². The van der Waals surface area contributed by atoms with Crippen molar-refractivity contribution in [3.05, 3.63) is 25.0 Å². The minimum absolute atomic E-state index is 0.113. The molecule has 0 aromatic carbocycles. The number of ether oxygens (including phenoxy) is 1. The fourth-order valence-electron chi connectivity index (χ4n) is 0.577. The van der Waals surface area contributed by atoms with Crippen molar-refractivity contribution in [3.8, 4) is 0 Å². The van der Waals surface area contributed by atoms with Crippen molar-refractivity contribution in [3.63, 3.8) is 0 Å². The van der Waals surface area contributed by atoms with E-state index in [4.69, 9.17) is 4.74 Å². The summed E-state index contributed by atoms with van der Waals surface area (Å²) in [6.45, 7) is 3.44. The Hall–Kier alpha value is -1.05. The molecule has 2 heteroatoms. The van der Waals surface area contributed by atoms with Crippen molar-refractivity contribution in [1.82, 2.24) is 0 Å². The molecule has 0 radical (unpaired) electrons. The Kier molecular flexibility index (Phi) is 2.26. The summed E-state index contributed by atoms with van der Waals surface area (Å²) in [5, 5.41) is 0. The minimum Gasteiger partial charge on any atom is -0.434 e. The molecule has 54 valence electrons. The molecule has 2 nitrogen and oxygen atoms in total. The van der Waals surface area contributed by atoms with Gasteiger partial charge in [-0.15, -0.1) is 0 Å². The van der Waals surface area contributed by atoms with E-state index in [1.165, 1.54) is 6.26 Å². The highest BCUT2D eigenvalue weighted by Gasteiger charge is 2.30. The molecule has 0 saturated heterocycles. The van der Waals surface area contributed by atoms with Crippen molar-refractivity contribution in [1.29, 1.82) is 0 Å². The van der Waals surface area contributed by atoms with Gasteiger partial charge in [0.05, 0.1) is 12.2 Å². The van der Waals surface area contributed by atoms with E-state index in [1.54, 1.807) is 12.2 Å². The van der Waals surface area contributed by atoms with Gasteiger partial charge in [-0.3, -0.25) is 4.79 Å². The minimum atomic E-state index is -0.113. The summed E-state index contributed by atoms with van der Waals surface area (Å²) >= 11 is 0. The zero-order valence-electron chi connectivity index (χ0n) is 5.75. The fourth-order valence-corrected chi connectivity index (χ4v) is 0.577. The van der Waals surface area contributed by atoms with Crippen molar-refractivity contribution in [2.45, 2.75) is 12.8 Å². The van der Waals surface area contributed by atoms with E-state index < -0.39 is 0 Å². The second-order valence-corrected chi connectivity index (χ2v) is 2.28. The average Bonchev–Trinajstić information content (AvgIpc) is 2.69. The Balaban J connectivity index is 2.17. The van der Waals surface area contributed by atoms with E-state index in [9.17, 15) is 4.79 Å². The molecule has 1 aliphatic carbocycles. The third-order valence-corrected chi connectivity index (χ3v) is 1.31. The van der Waals surface area contributed by atoms with Gasteiger partial charge in [0.25, 0.3) is 0 Å². The number of hydrogen-bond donors (Lipinski definition) is 0. The quantitative estimate of drug-likeness (QED) is 0.336. The molecular formula is C8H10O2. The van der Waals surface area contributed by atoms with Crippen LogP contribution in [0.4, 0.5) is 0 Å². The van der Waals surface area contributed by atoms with E-state index >= 15 is 0 Å². The number of esters is 1. The van der Waals surface area contributed by atoms with Crippen LogP contribution in [-0.2, 0) is 9.53 Å². The van der Waals surface area contributed by atoms with Crippen LogP contribution in [0.15, 0.2) is 25.0 Å². The third-order valence-electron chi connectivity index (χ3n) is 1.31. The van der Waals surface area contributed by atoms with Crippen molar-refractivity contribution in [2.75, 3.05) is 0 Å². The molecule has 10 heavy (non-hydrogen) atoms.